The van der Waals surface area contributed by atoms with Crippen molar-refractivity contribution in [3.05, 3.63) is 76.2 Å². The van der Waals surface area contributed by atoms with Gasteiger partial charge in [-0.2, -0.15) is 13.2 Å². The number of rotatable bonds is 4. The number of para-hydroxylation sites is 1. The second-order valence-electron chi connectivity index (χ2n) is 13.9. The lowest BCUT2D eigenvalue weighted by Crippen LogP contribution is -2.52. The molecule has 0 saturated carbocycles. The summed E-state index contributed by atoms with van der Waals surface area (Å²) in [5.74, 6) is -1.69. The van der Waals surface area contributed by atoms with Gasteiger partial charge in [-0.05, 0) is 75.6 Å². The number of carbonyl (C=O) groups excluding carboxylic acids is 3. The Morgan fingerprint density at radius 2 is 1.84 bits per heavy atom. The van der Waals surface area contributed by atoms with E-state index in [1.54, 1.807) is 40.1 Å². The molecule has 3 atom stereocenters. The van der Waals surface area contributed by atoms with Crippen molar-refractivity contribution in [1.82, 2.24) is 14.9 Å². The average molecular weight is 681 g/mol. The van der Waals surface area contributed by atoms with Crippen LogP contribution >= 0.6 is 0 Å². The van der Waals surface area contributed by atoms with Crippen LogP contribution in [0.2, 0.25) is 0 Å². The number of anilines is 3. The highest BCUT2D eigenvalue weighted by Crippen LogP contribution is 2.42. The second-order valence-corrected chi connectivity index (χ2v) is 13.9. The van der Waals surface area contributed by atoms with Gasteiger partial charge in [0.15, 0.2) is 0 Å². The number of hydrogen-bond donors (Lipinski definition) is 1. The number of aromatic nitrogens is 2. The first-order valence-electron chi connectivity index (χ1n) is 16.0. The molecule has 3 amide bonds. The quantitative estimate of drug-likeness (QED) is 0.395. The van der Waals surface area contributed by atoms with Gasteiger partial charge in [-0.3, -0.25) is 24.4 Å². The molecule has 0 bridgehead atoms. The van der Waals surface area contributed by atoms with Gasteiger partial charge in [-0.15, -0.1) is 0 Å². The molecule has 1 fully saturated rings. The molecule has 6 rings (SSSR count). The molecule has 3 aromatic rings. The summed E-state index contributed by atoms with van der Waals surface area (Å²) in [6.45, 7) is 9.08. The average Bonchev–Trinajstić information content (AvgIpc) is 3.54. The van der Waals surface area contributed by atoms with Gasteiger partial charge in [0.25, 0.3) is 0 Å². The molecule has 14 heteroatoms. The molecular formula is C35H39F3N6O5. The second kappa shape index (κ2) is 12.3. The van der Waals surface area contributed by atoms with Gasteiger partial charge in [0.2, 0.25) is 11.8 Å². The maximum atomic E-state index is 14.2. The van der Waals surface area contributed by atoms with E-state index in [1.165, 1.54) is 16.7 Å². The minimum Gasteiger partial charge on any atom is -0.444 e. The van der Waals surface area contributed by atoms with Crippen LogP contribution in [0.1, 0.15) is 66.9 Å². The maximum Gasteiger partial charge on any atom is 0.416 e. The lowest BCUT2D eigenvalue weighted by atomic mass is 9.94. The summed E-state index contributed by atoms with van der Waals surface area (Å²) < 4.78 is 46.9. The molecule has 0 spiro atoms. The number of nitrogens with zero attached hydrogens (tertiary/aromatic N) is 6. The van der Waals surface area contributed by atoms with E-state index in [0.717, 1.165) is 39.4 Å². The zero-order valence-electron chi connectivity index (χ0n) is 28.2. The Morgan fingerprint density at radius 3 is 2.51 bits per heavy atom. The summed E-state index contributed by atoms with van der Waals surface area (Å²) >= 11 is 0. The van der Waals surface area contributed by atoms with E-state index >= 15 is 0 Å². The van der Waals surface area contributed by atoms with Gasteiger partial charge in [0.05, 0.1) is 35.8 Å². The molecule has 0 unspecified atom stereocenters. The minimum atomic E-state index is -4.66. The topological polar surface area (TPSA) is 119 Å². The summed E-state index contributed by atoms with van der Waals surface area (Å²) in [4.78, 5) is 55.8. The normalized spacial score (nSPS) is 21.0. The highest BCUT2D eigenvalue weighted by atomic mass is 19.4. The first-order chi connectivity index (χ1) is 23.0. The van der Waals surface area contributed by atoms with E-state index in [9.17, 15) is 32.7 Å². The summed E-state index contributed by atoms with van der Waals surface area (Å²) in [6, 6.07) is 7.47. The molecule has 0 radical (unpaired) electrons. The third-order valence-electron chi connectivity index (χ3n) is 9.14. The van der Waals surface area contributed by atoms with Crippen molar-refractivity contribution >= 4 is 35.1 Å². The smallest absolute Gasteiger partial charge is 0.416 e. The van der Waals surface area contributed by atoms with E-state index < -0.39 is 53.2 Å². The SMILES string of the molecule is Cc1cc(C(F)(F)F)cc(N2C(=O)C[C@@H]3CN(Cc4cnc5c(c4)CN(C(=O)OC(C)(C)C)[C@@H]5CO)c4c(C)cccc4N(C)C(=O)[C@H]32)n1. The van der Waals surface area contributed by atoms with Crippen LogP contribution in [0.5, 0.6) is 0 Å². The van der Waals surface area contributed by atoms with E-state index in [0.29, 0.717) is 17.9 Å². The molecule has 1 saturated heterocycles. The number of benzene rings is 1. The summed E-state index contributed by atoms with van der Waals surface area (Å²) in [5.41, 5.74) is 2.79. The van der Waals surface area contributed by atoms with Crippen molar-refractivity contribution in [2.45, 2.75) is 78.0 Å². The van der Waals surface area contributed by atoms with Crippen molar-refractivity contribution < 1.29 is 37.4 Å². The zero-order valence-corrected chi connectivity index (χ0v) is 28.2. The van der Waals surface area contributed by atoms with Crippen LogP contribution in [-0.2, 0) is 33.6 Å². The molecular weight excluding hydrogens is 641 g/mol. The number of fused-ring (bicyclic) bond motifs is 3. The number of carbonyl (C=O) groups is 3. The highest BCUT2D eigenvalue weighted by Gasteiger charge is 2.49. The van der Waals surface area contributed by atoms with E-state index in [-0.39, 0.29) is 37.6 Å². The monoisotopic (exact) mass is 680 g/mol. The number of halogens is 3. The van der Waals surface area contributed by atoms with Crippen LogP contribution in [0, 0.1) is 19.8 Å². The van der Waals surface area contributed by atoms with Gasteiger partial charge >= 0.3 is 12.3 Å². The minimum absolute atomic E-state index is 0.0651. The molecule has 2 aromatic heterocycles. The van der Waals surface area contributed by atoms with Crippen molar-refractivity contribution in [2.24, 2.45) is 5.92 Å². The molecule has 1 N–H and O–H groups in total. The number of hydrogen-bond acceptors (Lipinski definition) is 8. The van der Waals surface area contributed by atoms with Crippen LogP contribution in [0.25, 0.3) is 0 Å². The summed E-state index contributed by atoms with van der Waals surface area (Å²) in [6.07, 6.45) is -3.60. The predicted octanol–water partition coefficient (Wildman–Crippen LogP) is 5.30. The molecule has 3 aliphatic heterocycles. The van der Waals surface area contributed by atoms with Gasteiger partial charge in [-0.25, -0.2) is 9.78 Å². The Labute approximate surface area is 282 Å². The molecule has 0 aliphatic carbocycles. The van der Waals surface area contributed by atoms with E-state index in [1.807, 2.05) is 25.1 Å². The number of alkyl halides is 3. The fourth-order valence-corrected chi connectivity index (χ4v) is 7.09. The molecule has 49 heavy (non-hydrogen) atoms. The fraction of sp³-hybridized carbons (Fsp3) is 0.457. The van der Waals surface area contributed by atoms with Crippen LogP contribution in [-0.4, -0.2) is 69.7 Å². The third kappa shape index (κ3) is 6.41. The van der Waals surface area contributed by atoms with Gasteiger partial charge in [0.1, 0.15) is 23.5 Å². The molecule has 3 aliphatic rings. The molecule has 5 heterocycles. The van der Waals surface area contributed by atoms with Gasteiger partial charge < -0.3 is 19.6 Å². The number of likely N-dealkylation sites (N-methyl/N-ethyl adjacent to an activating group) is 1. The van der Waals surface area contributed by atoms with E-state index in [4.69, 9.17) is 4.74 Å². The van der Waals surface area contributed by atoms with Gasteiger partial charge in [-0.1, -0.05) is 12.1 Å². The number of aliphatic hydroxyl groups is 1. The first-order valence-corrected chi connectivity index (χ1v) is 16.0. The molecule has 11 nitrogen and oxygen atoms in total. The van der Waals surface area contributed by atoms with Crippen molar-refractivity contribution in [3.63, 3.8) is 0 Å². The maximum absolute atomic E-state index is 14.2. The Hall–Kier alpha value is -4.72. The number of aryl methyl sites for hydroxylation is 2. The zero-order chi connectivity index (χ0) is 35.6. The van der Waals surface area contributed by atoms with Crippen LogP contribution in [0.4, 0.5) is 35.2 Å². The third-order valence-corrected chi connectivity index (χ3v) is 9.14. The standard InChI is InChI=1S/C35H39F3N6O5/c1-19-8-7-9-25-30(19)42(15-21-11-22-17-43(33(48)49-34(3,4)5)26(18-45)29(22)39-14-21)16-23-12-28(46)44(31(23)32(47)41(25)6)27-13-24(35(36,37)38)10-20(2)40-27/h7-11,13-14,23,26,31,45H,12,15-18H2,1-6H3/t23-,26-,31+/m1/s1. The fourth-order valence-electron chi connectivity index (χ4n) is 7.09. The Kier molecular flexibility index (Phi) is 8.58. The Morgan fingerprint density at radius 1 is 1.10 bits per heavy atom. The van der Waals surface area contributed by atoms with E-state index in [2.05, 4.69) is 14.9 Å². The van der Waals surface area contributed by atoms with Crippen molar-refractivity contribution in [2.75, 3.05) is 34.9 Å². The molecule has 260 valence electrons. The van der Waals surface area contributed by atoms with Crippen molar-refractivity contribution in [3.8, 4) is 0 Å². The number of amides is 3. The largest absolute Gasteiger partial charge is 0.444 e. The first kappa shape index (κ1) is 34.2. The number of pyridine rings is 2. The lowest BCUT2D eigenvalue weighted by Gasteiger charge is -2.39. The Balaban J connectivity index is 1.36. The highest BCUT2D eigenvalue weighted by molar-refractivity contribution is 6.10. The van der Waals surface area contributed by atoms with Crippen LogP contribution < -0.4 is 14.7 Å². The number of aliphatic hydroxyl groups excluding tert-OH is 1. The van der Waals surface area contributed by atoms with Crippen LogP contribution in [0.3, 0.4) is 0 Å². The Bertz CT molecular complexity index is 1830. The predicted molar refractivity (Wildman–Crippen MR) is 175 cm³/mol. The van der Waals surface area contributed by atoms with Crippen LogP contribution in [0.15, 0.2) is 42.6 Å². The lowest BCUT2D eigenvalue weighted by molar-refractivity contribution is -0.137. The summed E-state index contributed by atoms with van der Waals surface area (Å²) in [7, 11) is 1.60. The summed E-state index contributed by atoms with van der Waals surface area (Å²) in [5, 5.41) is 10.2. The van der Waals surface area contributed by atoms with Gasteiger partial charge in [0, 0.05) is 44.4 Å². The van der Waals surface area contributed by atoms with Crippen molar-refractivity contribution in [1.29, 1.82) is 0 Å². The number of ether oxygens (including phenoxy) is 1. The molecule has 1 aromatic carbocycles.